The third-order valence-electron chi connectivity index (χ3n) is 2.21. The third-order valence-corrected chi connectivity index (χ3v) is 2.21. The van der Waals surface area contributed by atoms with Crippen molar-refractivity contribution >= 4 is 5.97 Å². The summed E-state index contributed by atoms with van der Waals surface area (Å²) >= 11 is 0. The average Bonchev–Trinajstić information content (AvgIpc) is 2.81. The molecular weight excluding hydrogens is 194 g/mol. The summed E-state index contributed by atoms with van der Waals surface area (Å²) in [5.74, 6) is 0.168. The van der Waals surface area contributed by atoms with Crippen LogP contribution in [-0.4, -0.2) is 35.9 Å². The van der Waals surface area contributed by atoms with E-state index in [2.05, 4.69) is 5.32 Å². The quantitative estimate of drug-likeness (QED) is 0.662. The van der Waals surface area contributed by atoms with Crippen molar-refractivity contribution in [3.8, 4) is 0 Å². The van der Waals surface area contributed by atoms with Gasteiger partial charge in [-0.3, -0.25) is 4.79 Å². The molecule has 0 radical (unpaired) electrons. The van der Waals surface area contributed by atoms with Gasteiger partial charge >= 0.3 is 5.97 Å². The van der Waals surface area contributed by atoms with E-state index in [1.807, 2.05) is 20.8 Å². The van der Waals surface area contributed by atoms with E-state index in [4.69, 9.17) is 4.74 Å². The number of hydrogen-bond donors (Lipinski definition) is 2. The Balaban J connectivity index is 2.06. The van der Waals surface area contributed by atoms with E-state index in [0.29, 0.717) is 12.5 Å². The van der Waals surface area contributed by atoms with Gasteiger partial charge in [0.05, 0.1) is 12.6 Å². The van der Waals surface area contributed by atoms with Crippen LogP contribution >= 0.6 is 0 Å². The minimum Gasteiger partial charge on any atom is -0.459 e. The molecule has 0 aliphatic heterocycles. The first kappa shape index (κ1) is 12.5. The smallest absolute Gasteiger partial charge is 0.320 e. The number of nitrogens with one attached hydrogen (secondary N) is 1. The Bertz CT molecular complexity index is 218. The van der Waals surface area contributed by atoms with Gasteiger partial charge in [-0.05, 0) is 39.5 Å². The molecule has 1 fully saturated rings. The fraction of sp³-hybridized carbons (Fsp3) is 0.909. The third kappa shape index (κ3) is 5.74. The zero-order chi connectivity index (χ0) is 11.5. The standard InChI is InChI=1S/C11H21NO3/c1-11(2,3)15-10(14)7-12-6-9(13)8-4-5-8/h8-9,12-13H,4-7H2,1-3H3. The largest absolute Gasteiger partial charge is 0.459 e. The Labute approximate surface area is 91.0 Å². The van der Waals surface area contributed by atoms with E-state index in [1.165, 1.54) is 0 Å². The summed E-state index contributed by atoms with van der Waals surface area (Å²) in [5, 5.41) is 12.4. The molecule has 1 rings (SSSR count). The van der Waals surface area contributed by atoms with Crippen molar-refractivity contribution in [2.24, 2.45) is 5.92 Å². The lowest BCUT2D eigenvalue weighted by molar-refractivity contribution is -0.153. The predicted molar refractivity (Wildman–Crippen MR) is 57.4 cm³/mol. The number of aliphatic hydroxyl groups excluding tert-OH is 1. The Kier molecular flexibility index (Phi) is 4.11. The summed E-state index contributed by atoms with van der Waals surface area (Å²) in [5.41, 5.74) is -0.437. The summed E-state index contributed by atoms with van der Waals surface area (Å²) in [6.45, 7) is 6.16. The highest BCUT2D eigenvalue weighted by molar-refractivity contribution is 5.72. The molecule has 1 atom stereocenters. The summed E-state index contributed by atoms with van der Waals surface area (Å²) in [7, 11) is 0. The highest BCUT2D eigenvalue weighted by Gasteiger charge is 2.29. The molecule has 2 N–H and O–H groups in total. The van der Waals surface area contributed by atoms with Crippen LogP contribution in [0.4, 0.5) is 0 Å². The first-order chi connectivity index (χ1) is 6.88. The van der Waals surface area contributed by atoms with Crippen molar-refractivity contribution in [3.05, 3.63) is 0 Å². The van der Waals surface area contributed by atoms with Crippen LogP contribution in [0.1, 0.15) is 33.6 Å². The SMILES string of the molecule is CC(C)(C)OC(=O)CNCC(O)C1CC1. The molecule has 0 aromatic rings. The first-order valence-electron chi connectivity index (χ1n) is 5.49. The second-order valence-electron chi connectivity index (χ2n) is 5.12. The van der Waals surface area contributed by atoms with E-state index < -0.39 is 5.60 Å². The maximum absolute atomic E-state index is 11.3. The van der Waals surface area contributed by atoms with Crippen LogP contribution in [0.25, 0.3) is 0 Å². The molecule has 88 valence electrons. The van der Waals surface area contributed by atoms with E-state index in [0.717, 1.165) is 12.8 Å². The van der Waals surface area contributed by atoms with Gasteiger partial charge in [-0.1, -0.05) is 0 Å². The average molecular weight is 215 g/mol. The minimum absolute atomic E-state index is 0.168. The number of ether oxygens (including phenoxy) is 1. The molecule has 0 spiro atoms. The predicted octanol–water partition coefficient (Wildman–Crippen LogP) is 0.689. The van der Waals surface area contributed by atoms with Gasteiger partial charge in [0, 0.05) is 6.54 Å². The molecule has 1 unspecified atom stereocenters. The molecule has 0 bridgehead atoms. The molecule has 1 saturated carbocycles. The number of hydrogen-bond acceptors (Lipinski definition) is 4. The minimum atomic E-state index is -0.437. The van der Waals surface area contributed by atoms with E-state index >= 15 is 0 Å². The molecule has 1 aliphatic rings. The van der Waals surface area contributed by atoms with Crippen LogP contribution < -0.4 is 5.32 Å². The summed E-state index contributed by atoms with van der Waals surface area (Å²) in [6.07, 6.45) is 1.90. The van der Waals surface area contributed by atoms with Gasteiger partial charge in [0.15, 0.2) is 0 Å². The van der Waals surface area contributed by atoms with Crippen molar-refractivity contribution in [3.63, 3.8) is 0 Å². The van der Waals surface area contributed by atoms with Crippen LogP contribution in [-0.2, 0) is 9.53 Å². The van der Waals surface area contributed by atoms with Gasteiger partial charge in [0.25, 0.3) is 0 Å². The van der Waals surface area contributed by atoms with Gasteiger partial charge in [-0.15, -0.1) is 0 Å². The zero-order valence-electron chi connectivity index (χ0n) is 9.75. The van der Waals surface area contributed by atoms with E-state index in [1.54, 1.807) is 0 Å². The van der Waals surface area contributed by atoms with Gasteiger partial charge in [-0.2, -0.15) is 0 Å². The van der Waals surface area contributed by atoms with Crippen LogP contribution in [0, 0.1) is 5.92 Å². The van der Waals surface area contributed by atoms with Crippen molar-refractivity contribution in [2.75, 3.05) is 13.1 Å². The Morgan fingerprint density at radius 3 is 2.60 bits per heavy atom. The van der Waals surface area contributed by atoms with Gasteiger partial charge in [0.1, 0.15) is 5.60 Å². The maximum atomic E-state index is 11.3. The first-order valence-corrected chi connectivity index (χ1v) is 5.49. The lowest BCUT2D eigenvalue weighted by Gasteiger charge is -2.19. The molecule has 4 heteroatoms. The van der Waals surface area contributed by atoms with Gasteiger partial charge in [-0.25, -0.2) is 0 Å². The number of esters is 1. The normalized spacial score (nSPS) is 18.7. The maximum Gasteiger partial charge on any atom is 0.320 e. The van der Waals surface area contributed by atoms with Crippen LogP contribution in [0.5, 0.6) is 0 Å². The molecule has 0 heterocycles. The highest BCUT2D eigenvalue weighted by atomic mass is 16.6. The molecule has 0 aromatic carbocycles. The Hall–Kier alpha value is -0.610. The molecule has 0 amide bonds. The number of rotatable bonds is 5. The molecule has 1 aliphatic carbocycles. The Morgan fingerprint density at radius 1 is 1.53 bits per heavy atom. The topological polar surface area (TPSA) is 58.6 Å². The number of carbonyl (C=O) groups excluding carboxylic acids is 1. The van der Waals surface area contributed by atoms with Gasteiger partial charge in [0.2, 0.25) is 0 Å². The number of carbonyl (C=O) groups is 1. The van der Waals surface area contributed by atoms with Crippen molar-refractivity contribution in [2.45, 2.75) is 45.3 Å². The molecular formula is C11H21NO3. The molecule has 0 saturated heterocycles. The fourth-order valence-electron chi connectivity index (χ4n) is 1.35. The highest BCUT2D eigenvalue weighted by Crippen LogP contribution is 2.32. The van der Waals surface area contributed by atoms with Crippen LogP contribution in [0.3, 0.4) is 0 Å². The Morgan fingerprint density at radius 2 is 2.13 bits per heavy atom. The van der Waals surface area contributed by atoms with Crippen LogP contribution in [0.2, 0.25) is 0 Å². The molecule has 0 aromatic heterocycles. The van der Waals surface area contributed by atoms with Crippen molar-refractivity contribution in [1.82, 2.24) is 5.32 Å². The summed E-state index contributed by atoms with van der Waals surface area (Å²) < 4.78 is 5.11. The van der Waals surface area contributed by atoms with Gasteiger partial charge < -0.3 is 15.2 Å². The second-order valence-corrected chi connectivity index (χ2v) is 5.12. The monoisotopic (exact) mass is 215 g/mol. The van der Waals surface area contributed by atoms with Crippen molar-refractivity contribution in [1.29, 1.82) is 0 Å². The van der Waals surface area contributed by atoms with E-state index in [-0.39, 0.29) is 18.6 Å². The summed E-state index contributed by atoms with van der Waals surface area (Å²) in [4.78, 5) is 11.3. The number of aliphatic hydroxyl groups is 1. The lowest BCUT2D eigenvalue weighted by Crippen LogP contribution is -2.35. The zero-order valence-corrected chi connectivity index (χ0v) is 9.75. The lowest BCUT2D eigenvalue weighted by atomic mass is 10.2. The van der Waals surface area contributed by atoms with Crippen molar-refractivity contribution < 1.29 is 14.6 Å². The van der Waals surface area contributed by atoms with Crippen LogP contribution in [0.15, 0.2) is 0 Å². The molecule has 15 heavy (non-hydrogen) atoms. The fourth-order valence-corrected chi connectivity index (χ4v) is 1.35. The second kappa shape index (κ2) is 4.94. The van der Waals surface area contributed by atoms with E-state index in [9.17, 15) is 9.90 Å². The molecule has 4 nitrogen and oxygen atoms in total. The summed E-state index contributed by atoms with van der Waals surface area (Å²) in [6, 6.07) is 0.